The van der Waals surface area contributed by atoms with E-state index in [1.54, 1.807) is 9.13 Å². The molecule has 0 amide bonds. The summed E-state index contributed by atoms with van der Waals surface area (Å²) in [5, 5.41) is 3.26. The minimum absolute atomic E-state index is 0.0455. The highest BCUT2D eigenvalue weighted by Crippen LogP contribution is 2.02. The molecule has 1 unspecified atom stereocenters. The number of rotatable bonds is 3. The number of ether oxygens (including phenoxy) is 1. The van der Waals surface area contributed by atoms with Crippen LogP contribution in [0.15, 0.2) is 17.2 Å². The van der Waals surface area contributed by atoms with Crippen molar-refractivity contribution < 1.29 is 4.74 Å². The maximum Gasteiger partial charge on any atom is 0.328 e. The first-order chi connectivity index (χ1) is 7.68. The molecule has 5 nitrogen and oxygen atoms in total. The van der Waals surface area contributed by atoms with E-state index in [0.717, 1.165) is 19.7 Å². The molecule has 5 heteroatoms. The molecule has 2 rings (SSSR count). The Morgan fingerprint density at radius 2 is 2.38 bits per heavy atom. The van der Waals surface area contributed by atoms with Crippen LogP contribution in [0.5, 0.6) is 0 Å². The van der Waals surface area contributed by atoms with Gasteiger partial charge in [0.05, 0.1) is 19.3 Å². The zero-order valence-electron chi connectivity index (χ0n) is 9.85. The lowest BCUT2D eigenvalue weighted by Crippen LogP contribution is -2.42. The average Bonchev–Trinajstić information content (AvgIpc) is 2.62. The van der Waals surface area contributed by atoms with Crippen LogP contribution in [0.3, 0.4) is 0 Å². The Labute approximate surface area is 95.0 Å². The fourth-order valence-corrected chi connectivity index (χ4v) is 1.92. The minimum atomic E-state index is 0.0455. The number of aromatic nitrogens is 2. The number of nitrogens with one attached hydrogen (secondary N) is 1. The zero-order chi connectivity index (χ0) is 11.5. The van der Waals surface area contributed by atoms with Crippen molar-refractivity contribution in [3.63, 3.8) is 0 Å². The van der Waals surface area contributed by atoms with Gasteiger partial charge in [0.25, 0.3) is 0 Å². The molecule has 1 fully saturated rings. The summed E-state index contributed by atoms with van der Waals surface area (Å²) in [6, 6.07) is 0.208. The fourth-order valence-electron chi connectivity index (χ4n) is 1.92. The Morgan fingerprint density at radius 3 is 2.94 bits per heavy atom. The molecule has 0 aromatic carbocycles. The molecule has 0 spiro atoms. The molecule has 1 aliphatic heterocycles. The molecule has 1 aliphatic rings. The van der Waals surface area contributed by atoms with Crippen molar-refractivity contribution in [3.8, 4) is 0 Å². The summed E-state index contributed by atoms with van der Waals surface area (Å²) < 4.78 is 9.03. The summed E-state index contributed by atoms with van der Waals surface area (Å²) in [6.07, 6.45) is 3.78. The van der Waals surface area contributed by atoms with E-state index in [9.17, 15) is 4.79 Å². The first kappa shape index (κ1) is 11.4. The highest BCUT2D eigenvalue weighted by molar-refractivity contribution is 4.85. The number of nitrogens with zero attached hydrogens (tertiary/aromatic N) is 2. The van der Waals surface area contributed by atoms with E-state index in [2.05, 4.69) is 5.32 Å². The molecule has 1 aromatic heterocycles. The normalized spacial score (nSPS) is 21.6. The number of morpholine rings is 1. The van der Waals surface area contributed by atoms with Crippen LogP contribution >= 0.6 is 0 Å². The Bertz CT molecular complexity index is 388. The quantitative estimate of drug-likeness (QED) is 0.800. The monoisotopic (exact) mass is 225 g/mol. The highest BCUT2D eigenvalue weighted by atomic mass is 16.5. The Morgan fingerprint density at radius 1 is 1.56 bits per heavy atom. The molecule has 90 valence electrons. The Balaban J connectivity index is 2.06. The van der Waals surface area contributed by atoms with E-state index in [4.69, 9.17) is 4.74 Å². The maximum absolute atomic E-state index is 11.9. The van der Waals surface area contributed by atoms with Crippen LogP contribution < -0.4 is 11.0 Å². The maximum atomic E-state index is 11.9. The fraction of sp³-hybridized carbons (Fsp3) is 0.727. The van der Waals surface area contributed by atoms with E-state index in [1.807, 2.05) is 26.2 Å². The van der Waals surface area contributed by atoms with Crippen molar-refractivity contribution in [2.24, 2.45) is 0 Å². The van der Waals surface area contributed by atoms with Gasteiger partial charge in [0, 0.05) is 31.5 Å². The van der Waals surface area contributed by atoms with Crippen LogP contribution in [0.2, 0.25) is 0 Å². The predicted molar refractivity (Wildman–Crippen MR) is 61.7 cm³/mol. The van der Waals surface area contributed by atoms with E-state index in [-0.39, 0.29) is 17.8 Å². The van der Waals surface area contributed by atoms with Crippen LogP contribution in [-0.2, 0) is 11.3 Å². The third-order valence-electron chi connectivity index (χ3n) is 2.83. The third-order valence-corrected chi connectivity index (χ3v) is 2.83. The van der Waals surface area contributed by atoms with Crippen molar-refractivity contribution >= 4 is 0 Å². The minimum Gasteiger partial charge on any atom is -0.374 e. The molecule has 1 N–H and O–H groups in total. The summed E-state index contributed by atoms with van der Waals surface area (Å²) in [5.41, 5.74) is 0.0455. The molecule has 1 saturated heterocycles. The van der Waals surface area contributed by atoms with E-state index < -0.39 is 0 Å². The van der Waals surface area contributed by atoms with E-state index in [0.29, 0.717) is 6.54 Å². The molecule has 2 heterocycles. The lowest BCUT2D eigenvalue weighted by atomic mass is 10.3. The summed E-state index contributed by atoms with van der Waals surface area (Å²) >= 11 is 0. The number of imidazole rings is 1. The summed E-state index contributed by atoms with van der Waals surface area (Å²) in [6.45, 7) is 7.09. The second-order valence-electron chi connectivity index (χ2n) is 4.43. The molecule has 1 atom stereocenters. The first-order valence-electron chi connectivity index (χ1n) is 5.78. The summed E-state index contributed by atoms with van der Waals surface area (Å²) in [7, 11) is 0. The van der Waals surface area contributed by atoms with Gasteiger partial charge in [-0.2, -0.15) is 0 Å². The van der Waals surface area contributed by atoms with Gasteiger partial charge in [-0.3, -0.25) is 9.13 Å². The van der Waals surface area contributed by atoms with Crippen LogP contribution in [0.1, 0.15) is 19.9 Å². The molecule has 0 bridgehead atoms. The van der Waals surface area contributed by atoms with Crippen molar-refractivity contribution in [1.29, 1.82) is 0 Å². The smallest absolute Gasteiger partial charge is 0.328 e. The van der Waals surface area contributed by atoms with Gasteiger partial charge in [-0.1, -0.05) is 0 Å². The second-order valence-corrected chi connectivity index (χ2v) is 4.43. The van der Waals surface area contributed by atoms with Crippen molar-refractivity contribution in [1.82, 2.24) is 14.5 Å². The van der Waals surface area contributed by atoms with Crippen LogP contribution in [0.25, 0.3) is 0 Å². The van der Waals surface area contributed by atoms with Gasteiger partial charge in [0.15, 0.2) is 0 Å². The molecular weight excluding hydrogens is 206 g/mol. The standard InChI is InChI=1S/C11H19N3O2/c1-9(2)14-5-4-13(11(14)15)8-10-7-12-3-6-16-10/h4-5,9-10,12H,3,6-8H2,1-2H3. The Kier molecular flexibility index (Phi) is 3.46. The van der Waals surface area contributed by atoms with Gasteiger partial charge in [-0.05, 0) is 13.8 Å². The lowest BCUT2D eigenvalue weighted by Gasteiger charge is -2.23. The third kappa shape index (κ3) is 2.36. The topological polar surface area (TPSA) is 48.2 Å². The summed E-state index contributed by atoms with van der Waals surface area (Å²) in [5.74, 6) is 0. The highest BCUT2D eigenvalue weighted by Gasteiger charge is 2.15. The molecule has 0 radical (unpaired) electrons. The summed E-state index contributed by atoms with van der Waals surface area (Å²) in [4.78, 5) is 11.9. The number of hydrogen-bond acceptors (Lipinski definition) is 3. The zero-order valence-corrected chi connectivity index (χ0v) is 9.85. The molecule has 1 aromatic rings. The first-order valence-corrected chi connectivity index (χ1v) is 5.78. The molecule has 16 heavy (non-hydrogen) atoms. The average molecular weight is 225 g/mol. The van der Waals surface area contributed by atoms with E-state index in [1.165, 1.54) is 0 Å². The van der Waals surface area contributed by atoms with Crippen LogP contribution in [0, 0.1) is 0 Å². The van der Waals surface area contributed by atoms with Gasteiger partial charge < -0.3 is 10.1 Å². The van der Waals surface area contributed by atoms with E-state index >= 15 is 0 Å². The molecule has 0 saturated carbocycles. The van der Waals surface area contributed by atoms with Gasteiger partial charge in [0.1, 0.15) is 0 Å². The second kappa shape index (κ2) is 4.84. The van der Waals surface area contributed by atoms with Crippen LogP contribution in [0.4, 0.5) is 0 Å². The SMILES string of the molecule is CC(C)n1ccn(CC2CNCCO2)c1=O. The molecule has 0 aliphatic carbocycles. The van der Waals surface area contributed by atoms with Gasteiger partial charge in [-0.15, -0.1) is 0 Å². The molecular formula is C11H19N3O2. The Hall–Kier alpha value is -1.07. The lowest BCUT2D eigenvalue weighted by molar-refractivity contribution is 0.0175. The van der Waals surface area contributed by atoms with Gasteiger partial charge >= 0.3 is 5.69 Å². The van der Waals surface area contributed by atoms with Crippen LogP contribution in [-0.4, -0.2) is 34.9 Å². The van der Waals surface area contributed by atoms with Crippen molar-refractivity contribution in [2.75, 3.05) is 19.7 Å². The van der Waals surface area contributed by atoms with Gasteiger partial charge in [-0.25, -0.2) is 4.79 Å². The van der Waals surface area contributed by atoms with Gasteiger partial charge in [0.2, 0.25) is 0 Å². The largest absolute Gasteiger partial charge is 0.374 e. The van der Waals surface area contributed by atoms with Crippen molar-refractivity contribution in [3.05, 3.63) is 22.9 Å². The predicted octanol–water partition coefficient (Wildman–Crippen LogP) is 0.219. The number of hydrogen-bond donors (Lipinski definition) is 1. The van der Waals surface area contributed by atoms with Crippen molar-refractivity contribution in [2.45, 2.75) is 32.5 Å².